The fourth-order valence-corrected chi connectivity index (χ4v) is 2.84. The summed E-state index contributed by atoms with van der Waals surface area (Å²) in [7, 11) is 0. The Bertz CT molecular complexity index is 882. The summed E-state index contributed by atoms with van der Waals surface area (Å²) in [4.78, 5) is 27.3. The third-order valence-electron chi connectivity index (χ3n) is 4.33. The maximum atomic E-state index is 11.0. The molecule has 148 valence electrons. The molecule has 0 unspecified atom stereocenters. The van der Waals surface area contributed by atoms with E-state index in [1.165, 1.54) is 0 Å². The summed E-state index contributed by atoms with van der Waals surface area (Å²) in [6.45, 7) is 1.40. The van der Waals surface area contributed by atoms with Crippen LogP contribution in [0.2, 0.25) is 0 Å². The van der Waals surface area contributed by atoms with Crippen LogP contribution < -0.4 is 16.1 Å². The van der Waals surface area contributed by atoms with Gasteiger partial charge in [0.1, 0.15) is 5.52 Å². The quantitative estimate of drug-likeness (QED) is 0.196. The molecular formula is C19H25N7O2. The standard InChI is InChI=1S/C19H25N7O2/c27-15(26-28)10-6-1-2-7-11-20-17-16-18(23-13-22-16)25-19(24-17)21-12-14-8-4-3-5-9-14/h3-5,8-9,13,28H,1-2,6-7,10-12H2,(H,26,27)(H3,20,21,22,23,24,25). The zero-order valence-corrected chi connectivity index (χ0v) is 15.6. The zero-order chi connectivity index (χ0) is 19.6. The Morgan fingerprint density at radius 3 is 2.68 bits per heavy atom. The Morgan fingerprint density at radius 1 is 1.04 bits per heavy atom. The van der Waals surface area contributed by atoms with Gasteiger partial charge in [0.15, 0.2) is 11.5 Å². The van der Waals surface area contributed by atoms with Gasteiger partial charge in [0.2, 0.25) is 11.9 Å². The third kappa shape index (κ3) is 5.65. The lowest BCUT2D eigenvalue weighted by Gasteiger charge is -2.10. The second-order valence-corrected chi connectivity index (χ2v) is 6.46. The molecule has 1 amide bonds. The number of rotatable bonds is 11. The number of nitrogens with zero attached hydrogens (tertiary/aromatic N) is 3. The molecule has 1 aromatic carbocycles. The van der Waals surface area contributed by atoms with Crippen molar-refractivity contribution in [2.75, 3.05) is 17.2 Å². The number of hydrogen-bond donors (Lipinski definition) is 5. The summed E-state index contributed by atoms with van der Waals surface area (Å²) in [6.07, 6.45) is 5.59. The van der Waals surface area contributed by atoms with E-state index in [-0.39, 0.29) is 5.91 Å². The number of aromatic nitrogens is 4. The van der Waals surface area contributed by atoms with E-state index in [1.807, 2.05) is 30.3 Å². The van der Waals surface area contributed by atoms with Crippen LogP contribution in [0.25, 0.3) is 11.2 Å². The number of benzene rings is 1. The summed E-state index contributed by atoms with van der Waals surface area (Å²) in [5.74, 6) is 0.912. The molecule has 0 atom stereocenters. The molecule has 0 aliphatic heterocycles. The topological polar surface area (TPSA) is 128 Å². The molecule has 5 N–H and O–H groups in total. The number of aromatic amines is 1. The van der Waals surface area contributed by atoms with Crippen LogP contribution in [0.3, 0.4) is 0 Å². The number of nitrogens with one attached hydrogen (secondary N) is 4. The van der Waals surface area contributed by atoms with Crippen LogP contribution in [0, 0.1) is 0 Å². The number of anilines is 2. The summed E-state index contributed by atoms with van der Waals surface area (Å²) in [6, 6.07) is 10.1. The number of carbonyl (C=O) groups excluding carboxylic acids is 1. The molecule has 9 nitrogen and oxygen atoms in total. The molecule has 0 fully saturated rings. The van der Waals surface area contributed by atoms with Crippen molar-refractivity contribution in [3.8, 4) is 0 Å². The summed E-state index contributed by atoms with van der Waals surface area (Å²) >= 11 is 0. The molecule has 0 aliphatic rings. The molecule has 3 aromatic rings. The van der Waals surface area contributed by atoms with Crippen molar-refractivity contribution < 1.29 is 10.0 Å². The van der Waals surface area contributed by atoms with Gasteiger partial charge in [0.05, 0.1) is 6.33 Å². The van der Waals surface area contributed by atoms with E-state index < -0.39 is 0 Å². The molecule has 0 bridgehead atoms. The number of carbonyl (C=O) groups is 1. The number of fused-ring (bicyclic) bond motifs is 1. The Labute approximate surface area is 163 Å². The van der Waals surface area contributed by atoms with Crippen LogP contribution in [0.15, 0.2) is 36.7 Å². The van der Waals surface area contributed by atoms with Crippen LogP contribution in [0.5, 0.6) is 0 Å². The van der Waals surface area contributed by atoms with Crippen LogP contribution >= 0.6 is 0 Å². The van der Waals surface area contributed by atoms with Gasteiger partial charge in [0, 0.05) is 19.5 Å². The smallest absolute Gasteiger partial charge is 0.243 e. The maximum Gasteiger partial charge on any atom is 0.243 e. The van der Waals surface area contributed by atoms with Crippen molar-refractivity contribution in [2.45, 2.75) is 38.6 Å². The molecule has 0 spiro atoms. The van der Waals surface area contributed by atoms with Gasteiger partial charge < -0.3 is 15.6 Å². The number of hydroxylamine groups is 1. The second kappa shape index (κ2) is 10.2. The Hall–Kier alpha value is -3.20. The first-order valence-electron chi connectivity index (χ1n) is 9.42. The van der Waals surface area contributed by atoms with Crippen molar-refractivity contribution in [3.05, 3.63) is 42.2 Å². The van der Waals surface area contributed by atoms with E-state index in [0.29, 0.717) is 24.6 Å². The first kappa shape index (κ1) is 19.6. The van der Waals surface area contributed by atoms with Crippen LogP contribution in [-0.4, -0.2) is 37.6 Å². The highest BCUT2D eigenvalue weighted by Gasteiger charge is 2.09. The molecule has 0 saturated heterocycles. The largest absolute Gasteiger partial charge is 0.368 e. The summed E-state index contributed by atoms with van der Waals surface area (Å²) < 4.78 is 0. The number of hydrogen-bond acceptors (Lipinski definition) is 7. The summed E-state index contributed by atoms with van der Waals surface area (Å²) in [5.41, 5.74) is 4.19. The molecule has 0 radical (unpaired) electrons. The van der Waals surface area contributed by atoms with Gasteiger partial charge in [-0.3, -0.25) is 10.0 Å². The minimum Gasteiger partial charge on any atom is -0.368 e. The lowest BCUT2D eigenvalue weighted by Crippen LogP contribution is -2.17. The Balaban J connectivity index is 1.50. The number of unbranched alkanes of at least 4 members (excludes halogenated alkanes) is 3. The molecule has 0 aliphatic carbocycles. The van der Waals surface area contributed by atoms with Gasteiger partial charge in [-0.15, -0.1) is 0 Å². The van der Waals surface area contributed by atoms with Crippen molar-refractivity contribution in [1.82, 2.24) is 25.4 Å². The van der Waals surface area contributed by atoms with Crippen LogP contribution in [-0.2, 0) is 11.3 Å². The monoisotopic (exact) mass is 383 g/mol. The van der Waals surface area contributed by atoms with Crippen molar-refractivity contribution in [3.63, 3.8) is 0 Å². The van der Waals surface area contributed by atoms with E-state index in [2.05, 4.69) is 30.6 Å². The molecule has 2 heterocycles. The Morgan fingerprint density at radius 2 is 1.86 bits per heavy atom. The second-order valence-electron chi connectivity index (χ2n) is 6.46. The predicted octanol–water partition coefficient (Wildman–Crippen LogP) is 2.83. The molecule has 28 heavy (non-hydrogen) atoms. The fourth-order valence-electron chi connectivity index (χ4n) is 2.84. The molecular weight excluding hydrogens is 358 g/mol. The highest BCUT2D eigenvalue weighted by Crippen LogP contribution is 2.19. The normalized spacial score (nSPS) is 10.8. The van der Waals surface area contributed by atoms with Gasteiger partial charge >= 0.3 is 0 Å². The van der Waals surface area contributed by atoms with Crippen LogP contribution in [0.4, 0.5) is 11.8 Å². The van der Waals surface area contributed by atoms with E-state index in [4.69, 9.17) is 5.21 Å². The highest BCUT2D eigenvalue weighted by molar-refractivity contribution is 5.83. The van der Waals surface area contributed by atoms with E-state index >= 15 is 0 Å². The number of amides is 1. The lowest BCUT2D eigenvalue weighted by atomic mass is 10.1. The van der Waals surface area contributed by atoms with Gasteiger partial charge in [-0.1, -0.05) is 43.2 Å². The van der Waals surface area contributed by atoms with Gasteiger partial charge in [-0.25, -0.2) is 10.5 Å². The zero-order valence-electron chi connectivity index (χ0n) is 15.6. The Kier molecular flexibility index (Phi) is 7.14. The average molecular weight is 383 g/mol. The van der Waals surface area contributed by atoms with E-state index in [9.17, 15) is 4.79 Å². The van der Waals surface area contributed by atoms with Gasteiger partial charge in [0.25, 0.3) is 0 Å². The van der Waals surface area contributed by atoms with Gasteiger partial charge in [-0.05, 0) is 18.4 Å². The third-order valence-corrected chi connectivity index (χ3v) is 4.33. The minimum atomic E-state index is -0.337. The van der Waals surface area contributed by atoms with Crippen molar-refractivity contribution in [1.29, 1.82) is 0 Å². The summed E-state index contributed by atoms with van der Waals surface area (Å²) in [5, 5.41) is 15.0. The molecule has 2 aromatic heterocycles. The minimum absolute atomic E-state index is 0.337. The van der Waals surface area contributed by atoms with Crippen molar-refractivity contribution in [2.24, 2.45) is 0 Å². The molecule has 9 heteroatoms. The lowest BCUT2D eigenvalue weighted by molar-refractivity contribution is -0.129. The highest BCUT2D eigenvalue weighted by atomic mass is 16.5. The van der Waals surface area contributed by atoms with Gasteiger partial charge in [-0.2, -0.15) is 9.97 Å². The van der Waals surface area contributed by atoms with Crippen molar-refractivity contribution >= 4 is 28.8 Å². The average Bonchev–Trinajstić information content (AvgIpc) is 3.21. The van der Waals surface area contributed by atoms with E-state index in [1.54, 1.807) is 11.8 Å². The number of imidazole rings is 1. The first-order valence-corrected chi connectivity index (χ1v) is 9.42. The predicted molar refractivity (Wildman–Crippen MR) is 107 cm³/mol. The maximum absolute atomic E-state index is 11.0. The van der Waals surface area contributed by atoms with Crippen LogP contribution in [0.1, 0.15) is 37.7 Å². The molecule has 3 rings (SSSR count). The number of H-pyrrole nitrogens is 1. The first-order chi connectivity index (χ1) is 13.8. The fraction of sp³-hybridized carbons (Fsp3) is 0.368. The SMILES string of the molecule is O=C(CCCCCCNc1nc(NCc2ccccc2)nc2nc[nH]c12)NO. The molecule has 0 saturated carbocycles. The van der Waals surface area contributed by atoms with E-state index in [0.717, 1.165) is 49.1 Å².